The van der Waals surface area contributed by atoms with Crippen molar-refractivity contribution in [3.8, 4) is 5.75 Å². The van der Waals surface area contributed by atoms with Gasteiger partial charge in [-0.1, -0.05) is 37.3 Å². The van der Waals surface area contributed by atoms with Crippen LogP contribution in [0.5, 0.6) is 5.75 Å². The predicted molar refractivity (Wildman–Crippen MR) is 135 cm³/mol. The molecule has 35 heavy (non-hydrogen) atoms. The van der Waals surface area contributed by atoms with Gasteiger partial charge in [0.2, 0.25) is 0 Å². The normalized spacial score (nSPS) is 12.7. The first kappa shape index (κ1) is 24.3. The lowest BCUT2D eigenvalue weighted by Crippen LogP contribution is -2.29. The second kappa shape index (κ2) is 10.2. The quantitative estimate of drug-likeness (QED) is 0.496. The van der Waals surface area contributed by atoms with Crippen molar-refractivity contribution in [2.75, 3.05) is 29.8 Å². The van der Waals surface area contributed by atoms with Gasteiger partial charge in [0.25, 0.3) is 21.8 Å². The molecule has 2 amide bonds. The highest BCUT2D eigenvalue weighted by Gasteiger charge is 2.31. The van der Waals surface area contributed by atoms with E-state index in [0.717, 1.165) is 12.0 Å². The molecule has 3 aromatic rings. The molecular formula is C26H27N3O5S. The van der Waals surface area contributed by atoms with Crippen LogP contribution in [0.1, 0.15) is 39.6 Å². The molecule has 1 aliphatic rings. The third-order valence-electron chi connectivity index (χ3n) is 5.80. The van der Waals surface area contributed by atoms with Crippen LogP contribution in [0.4, 0.5) is 11.4 Å². The number of rotatable bonds is 8. The molecule has 0 unspecified atom stereocenters. The summed E-state index contributed by atoms with van der Waals surface area (Å²) in [5, 5.41) is 5.53. The lowest BCUT2D eigenvalue weighted by Gasteiger charge is -2.20. The van der Waals surface area contributed by atoms with Crippen molar-refractivity contribution in [2.45, 2.75) is 24.7 Å². The lowest BCUT2D eigenvalue weighted by molar-refractivity contribution is 0.0954. The van der Waals surface area contributed by atoms with Crippen LogP contribution in [-0.2, 0) is 16.4 Å². The Labute approximate surface area is 205 Å². The van der Waals surface area contributed by atoms with Crippen LogP contribution in [0, 0.1) is 0 Å². The molecule has 8 nitrogen and oxygen atoms in total. The summed E-state index contributed by atoms with van der Waals surface area (Å²) in [7, 11) is -2.50. The maximum absolute atomic E-state index is 13.5. The monoisotopic (exact) mass is 493 g/mol. The summed E-state index contributed by atoms with van der Waals surface area (Å²) in [5.41, 5.74) is 2.27. The molecule has 182 valence electrons. The number of nitrogens with one attached hydrogen (secondary N) is 2. The number of sulfonamides is 1. The second-order valence-electron chi connectivity index (χ2n) is 8.07. The van der Waals surface area contributed by atoms with Crippen molar-refractivity contribution in [1.82, 2.24) is 5.32 Å². The van der Waals surface area contributed by atoms with Crippen LogP contribution in [0.2, 0.25) is 0 Å². The van der Waals surface area contributed by atoms with Gasteiger partial charge in [0.15, 0.2) is 0 Å². The summed E-state index contributed by atoms with van der Waals surface area (Å²) < 4.78 is 33.6. The molecule has 1 heterocycles. The molecule has 0 saturated heterocycles. The van der Waals surface area contributed by atoms with Gasteiger partial charge in [0.1, 0.15) is 5.75 Å². The number of amides is 2. The van der Waals surface area contributed by atoms with Crippen LogP contribution in [0.15, 0.2) is 71.6 Å². The van der Waals surface area contributed by atoms with E-state index in [1.165, 1.54) is 29.6 Å². The van der Waals surface area contributed by atoms with Crippen molar-refractivity contribution in [2.24, 2.45) is 0 Å². The maximum Gasteiger partial charge on any atom is 0.264 e. The molecule has 3 aromatic carbocycles. The third kappa shape index (κ3) is 4.85. The lowest BCUT2D eigenvalue weighted by atomic mass is 10.1. The average Bonchev–Trinajstić information content (AvgIpc) is 3.32. The fourth-order valence-corrected chi connectivity index (χ4v) is 5.55. The zero-order valence-electron chi connectivity index (χ0n) is 19.6. The van der Waals surface area contributed by atoms with E-state index >= 15 is 0 Å². The Kier molecular flexibility index (Phi) is 7.07. The molecule has 0 aliphatic carbocycles. The van der Waals surface area contributed by atoms with Crippen molar-refractivity contribution in [3.05, 3.63) is 83.4 Å². The summed E-state index contributed by atoms with van der Waals surface area (Å²) in [5.74, 6) is -0.675. The molecule has 1 aliphatic heterocycles. The first-order valence-corrected chi connectivity index (χ1v) is 12.8. The predicted octanol–water partition coefficient (Wildman–Crippen LogP) is 3.84. The van der Waals surface area contributed by atoms with Crippen LogP contribution in [0.3, 0.4) is 0 Å². The number of benzene rings is 3. The molecule has 2 N–H and O–H groups in total. The molecule has 0 spiro atoms. The average molecular weight is 494 g/mol. The topological polar surface area (TPSA) is 105 Å². The van der Waals surface area contributed by atoms with E-state index in [0.29, 0.717) is 36.4 Å². The van der Waals surface area contributed by atoms with Crippen LogP contribution in [-0.4, -0.2) is 40.4 Å². The Morgan fingerprint density at radius 1 is 0.971 bits per heavy atom. The number of nitrogens with zero attached hydrogens (tertiary/aromatic N) is 1. The number of carbonyl (C=O) groups is 2. The van der Waals surface area contributed by atoms with Gasteiger partial charge in [-0.15, -0.1) is 0 Å². The number of para-hydroxylation sites is 2. The summed E-state index contributed by atoms with van der Waals surface area (Å²) in [6, 6.07) is 18.2. The highest BCUT2D eigenvalue weighted by molar-refractivity contribution is 7.92. The van der Waals surface area contributed by atoms with Crippen LogP contribution in [0.25, 0.3) is 0 Å². The van der Waals surface area contributed by atoms with Gasteiger partial charge in [0.05, 0.1) is 34.5 Å². The van der Waals surface area contributed by atoms with E-state index in [2.05, 4.69) is 10.6 Å². The van der Waals surface area contributed by atoms with Crippen molar-refractivity contribution < 1.29 is 22.7 Å². The minimum Gasteiger partial charge on any atom is -0.496 e. The molecule has 0 bridgehead atoms. The van der Waals surface area contributed by atoms with Gasteiger partial charge < -0.3 is 15.4 Å². The Morgan fingerprint density at radius 3 is 2.49 bits per heavy atom. The number of fused-ring (bicyclic) bond motifs is 1. The molecular weight excluding hydrogens is 466 g/mol. The van der Waals surface area contributed by atoms with Crippen LogP contribution < -0.4 is 19.7 Å². The maximum atomic E-state index is 13.5. The molecule has 0 fully saturated rings. The highest BCUT2D eigenvalue weighted by atomic mass is 32.2. The molecule has 9 heteroatoms. The van der Waals surface area contributed by atoms with Gasteiger partial charge in [-0.05, 0) is 54.8 Å². The largest absolute Gasteiger partial charge is 0.496 e. The van der Waals surface area contributed by atoms with E-state index in [9.17, 15) is 18.0 Å². The Balaban J connectivity index is 1.66. The summed E-state index contributed by atoms with van der Waals surface area (Å²) >= 11 is 0. The fraction of sp³-hybridized carbons (Fsp3) is 0.231. The summed E-state index contributed by atoms with van der Waals surface area (Å²) in [4.78, 5) is 25.8. The van der Waals surface area contributed by atoms with Crippen molar-refractivity contribution >= 4 is 33.2 Å². The van der Waals surface area contributed by atoms with E-state index in [-0.39, 0.29) is 22.1 Å². The first-order chi connectivity index (χ1) is 16.9. The van der Waals surface area contributed by atoms with Gasteiger partial charge in [-0.25, -0.2) is 8.42 Å². The molecule has 0 atom stereocenters. The van der Waals surface area contributed by atoms with Gasteiger partial charge in [-0.3, -0.25) is 13.9 Å². The van der Waals surface area contributed by atoms with Crippen molar-refractivity contribution in [3.63, 3.8) is 0 Å². The van der Waals surface area contributed by atoms with E-state index in [1.807, 2.05) is 19.1 Å². The highest BCUT2D eigenvalue weighted by Crippen LogP contribution is 2.34. The molecule has 4 rings (SSSR count). The Bertz CT molecular complexity index is 1370. The van der Waals surface area contributed by atoms with E-state index in [1.54, 1.807) is 36.4 Å². The zero-order valence-corrected chi connectivity index (χ0v) is 20.4. The van der Waals surface area contributed by atoms with Gasteiger partial charge >= 0.3 is 0 Å². The SMILES string of the molecule is CCCNC(=O)c1ccccc1NC(=O)c1cc(S(=O)(=O)N2CCc3ccccc32)ccc1OC. The van der Waals surface area contributed by atoms with E-state index < -0.39 is 15.9 Å². The van der Waals surface area contributed by atoms with Gasteiger partial charge in [0, 0.05) is 13.1 Å². The smallest absolute Gasteiger partial charge is 0.264 e. The Hall–Kier alpha value is -3.85. The fourth-order valence-electron chi connectivity index (χ4n) is 4.02. The number of hydrogen-bond acceptors (Lipinski definition) is 5. The number of carbonyl (C=O) groups excluding carboxylic acids is 2. The summed E-state index contributed by atoms with van der Waals surface area (Å²) in [6.45, 7) is 2.78. The molecule has 0 aromatic heterocycles. The zero-order chi connectivity index (χ0) is 25.0. The minimum absolute atomic E-state index is 0.0193. The standard InChI is InChI=1S/C26H27N3O5S/c1-3-15-27-25(30)20-9-5-6-10-22(20)28-26(31)21-17-19(12-13-24(21)34-2)35(32,33)29-16-14-18-8-4-7-11-23(18)29/h4-13,17H,3,14-16H2,1-2H3,(H,27,30)(H,28,31). The number of hydrogen-bond donors (Lipinski definition) is 2. The van der Waals surface area contributed by atoms with Gasteiger partial charge in [-0.2, -0.15) is 0 Å². The minimum atomic E-state index is -3.90. The third-order valence-corrected chi connectivity index (χ3v) is 7.61. The number of ether oxygens (including phenoxy) is 1. The Morgan fingerprint density at radius 2 is 1.71 bits per heavy atom. The summed E-state index contributed by atoms with van der Waals surface area (Å²) in [6.07, 6.45) is 1.40. The van der Waals surface area contributed by atoms with E-state index in [4.69, 9.17) is 4.74 Å². The molecule has 0 radical (unpaired) electrons. The van der Waals surface area contributed by atoms with Crippen molar-refractivity contribution in [1.29, 1.82) is 0 Å². The first-order valence-electron chi connectivity index (χ1n) is 11.3. The molecule has 0 saturated carbocycles. The number of methoxy groups -OCH3 is 1. The second-order valence-corrected chi connectivity index (χ2v) is 9.94. The number of anilines is 2. The van der Waals surface area contributed by atoms with Crippen LogP contribution >= 0.6 is 0 Å².